The molecule has 0 aliphatic carbocycles. The van der Waals surface area contributed by atoms with Gasteiger partial charge in [0.2, 0.25) is 0 Å². The van der Waals surface area contributed by atoms with Crippen molar-refractivity contribution in [1.29, 1.82) is 0 Å². The Balaban J connectivity index is 2.44. The van der Waals surface area contributed by atoms with Crippen LogP contribution in [0.3, 0.4) is 0 Å². The number of hydrogen-bond acceptors (Lipinski definition) is 5. The SMILES string of the molecule is Cc1ccc(N2C=NNC(=O)C2)c([N+](=O)[O-])c1. The average molecular weight is 234 g/mol. The van der Waals surface area contributed by atoms with E-state index in [1.807, 2.05) is 0 Å². The van der Waals surface area contributed by atoms with Gasteiger partial charge in [0.05, 0.1) is 4.92 Å². The molecule has 88 valence electrons. The zero-order valence-electron chi connectivity index (χ0n) is 9.08. The van der Waals surface area contributed by atoms with Crippen molar-refractivity contribution in [3.63, 3.8) is 0 Å². The summed E-state index contributed by atoms with van der Waals surface area (Å²) in [6.07, 6.45) is 1.36. The molecule has 0 fully saturated rings. The number of amides is 1. The number of aryl methyl sites for hydroxylation is 1. The van der Waals surface area contributed by atoms with E-state index in [-0.39, 0.29) is 18.1 Å². The summed E-state index contributed by atoms with van der Waals surface area (Å²) in [4.78, 5) is 23.1. The summed E-state index contributed by atoms with van der Waals surface area (Å²) < 4.78 is 0. The van der Waals surface area contributed by atoms with Gasteiger partial charge in [-0.05, 0) is 18.6 Å². The molecule has 0 spiro atoms. The summed E-state index contributed by atoms with van der Waals surface area (Å²) in [6.45, 7) is 1.79. The highest BCUT2D eigenvalue weighted by molar-refractivity contribution is 5.95. The lowest BCUT2D eigenvalue weighted by Crippen LogP contribution is -2.39. The van der Waals surface area contributed by atoms with E-state index in [0.717, 1.165) is 5.56 Å². The molecule has 1 aliphatic rings. The van der Waals surface area contributed by atoms with Gasteiger partial charge >= 0.3 is 0 Å². The molecule has 0 atom stereocenters. The number of carbonyl (C=O) groups is 1. The average Bonchev–Trinajstić information content (AvgIpc) is 2.28. The van der Waals surface area contributed by atoms with Crippen molar-refractivity contribution in [2.24, 2.45) is 5.10 Å². The van der Waals surface area contributed by atoms with E-state index in [1.54, 1.807) is 19.1 Å². The Bertz CT molecular complexity index is 512. The van der Waals surface area contributed by atoms with E-state index in [9.17, 15) is 14.9 Å². The van der Waals surface area contributed by atoms with Crippen molar-refractivity contribution < 1.29 is 9.72 Å². The van der Waals surface area contributed by atoms with Crippen LogP contribution in [0.15, 0.2) is 23.3 Å². The summed E-state index contributed by atoms with van der Waals surface area (Å²) in [5, 5.41) is 14.5. The minimum Gasteiger partial charge on any atom is -0.316 e. The smallest absolute Gasteiger partial charge is 0.293 e. The van der Waals surface area contributed by atoms with Gasteiger partial charge in [0.25, 0.3) is 11.6 Å². The molecule has 0 bridgehead atoms. The molecule has 7 heteroatoms. The number of hydrogen-bond donors (Lipinski definition) is 1. The fourth-order valence-corrected chi connectivity index (χ4v) is 1.57. The largest absolute Gasteiger partial charge is 0.316 e. The molecule has 1 aromatic rings. The Morgan fingerprint density at radius 2 is 2.29 bits per heavy atom. The fraction of sp³-hybridized carbons (Fsp3) is 0.200. The summed E-state index contributed by atoms with van der Waals surface area (Å²) in [7, 11) is 0. The van der Waals surface area contributed by atoms with Gasteiger partial charge in [-0.2, -0.15) is 5.10 Å². The summed E-state index contributed by atoms with van der Waals surface area (Å²) in [5.41, 5.74) is 3.38. The molecule has 0 radical (unpaired) electrons. The van der Waals surface area contributed by atoms with Crippen LogP contribution in [-0.2, 0) is 4.79 Å². The van der Waals surface area contributed by atoms with E-state index in [0.29, 0.717) is 5.69 Å². The third-order valence-corrected chi connectivity index (χ3v) is 2.34. The minimum atomic E-state index is -0.470. The van der Waals surface area contributed by atoms with E-state index < -0.39 is 4.92 Å². The number of anilines is 1. The maximum Gasteiger partial charge on any atom is 0.293 e. The molecule has 1 aliphatic heterocycles. The van der Waals surface area contributed by atoms with Gasteiger partial charge in [-0.3, -0.25) is 14.9 Å². The molecule has 1 N–H and O–H groups in total. The van der Waals surface area contributed by atoms with Crippen LogP contribution >= 0.6 is 0 Å². The van der Waals surface area contributed by atoms with Crippen molar-refractivity contribution in [2.75, 3.05) is 11.4 Å². The van der Waals surface area contributed by atoms with Crippen LogP contribution < -0.4 is 10.3 Å². The van der Waals surface area contributed by atoms with Crippen LogP contribution in [0.25, 0.3) is 0 Å². The lowest BCUT2D eigenvalue weighted by molar-refractivity contribution is -0.384. The Kier molecular flexibility index (Phi) is 2.73. The highest BCUT2D eigenvalue weighted by Crippen LogP contribution is 2.28. The second-order valence-electron chi connectivity index (χ2n) is 3.66. The molecular weight excluding hydrogens is 224 g/mol. The van der Waals surface area contributed by atoms with Gasteiger partial charge in [0, 0.05) is 6.07 Å². The molecule has 17 heavy (non-hydrogen) atoms. The number of nitro groups is 1. The third kappa shape index (κ3) is 2.22. The normalized spacial score (nSPS) is 14.6. The van der Waals surface area contributed by atoms with Crippen molar-refractivity contribution >= 4 is 23.6 Å². The summed E-state index contributed by atoms with van der Waals surface area (Å²) in [6, 6.07) is 4.83. The van der Waals surface area contributed by atoms with Gasteiger partial charge in [0.15, 0.2) is 0 Å². The minimum absolute atomic E-state index is 0.0212. The molecular formula is C10H10N4O3. The quantitative estimate of drug-likeness (QED) is 0.605. The van der Waals surface area contributed by atoms with Gasteiger partial charge in [0.1, 0.15) is 18.6 Å². The first-order valence-electron chi connectivity index (χ1n) is 4.91. The second kappa shape index (κ2) is 4.20. The van der Waals surface area contributed by atoms with Gasteiger partial charge in [-0.1, -0.05) is 6.07 Å². The first kappa shape index (κ1) is 11.1. The Morgan fingerprint density at radius 3 is 2.94 bits per heavy atom. The fourth-order valence-electron chi connectivity index (χ4n) is 1.57. The molecule has 1 amide bonds. The van der Waals surface area contributed by atoms with Crippen LogP contribution in [-0.4, -0.2) is 23.7 Å². The van der Waals surface area contributed by atoms with Crippen molar-refractivity contribution in [1.82, 2.24) is 5.43 Å². The number of hydrazone groups is 1. The number of nitrogens with zero attached hydrogens (tertiary/aromatic N) is 3. The maximum atomic E-state index is 11.2. The van der Waals surface area contributed by atoms with E-state index in [4.69, 9.17) is 0 Å². The zero-order chi connectivity index (χ0) is 12.4. The number of carbonyl (C=O) groups excluding carboxylic acids is 1. The predicted molar refractivity (Wildman–Crippen MR) is 61.8 cm³/mol. The number of rotatable bonds is 2. The Morgan fingerprint density at radius 1 is 1.53 bits per heavy atom. The monoisotopic (exact) mass is 234 g/mol. The Hall–Kier alpha value is -2.44. The van der Waals surface area contributed by atoms with Crippen molar-refractivity contribution in [3.8, 4) is 0 Å². The van der Waals surface area contributed by atoms with Crippen LogP contribution in [0.5, 0.6) is 0 Å². The lowest BCUT2D eigenvalue weighted by atomic mass is 10.2. The first-order chi connectivity index (χ1) is 8.08. The third-order valence-electron chi connectivity index (χ3n) is 2.34. The van der Waals surface area contributed by atoms with Crippen molar-refractivity contribution in [3.05, 3.63) is 33.9 Å². The van der Waals surface area contributed by atoms with Crippen molar-refractivity contribution in [2.45, 2.75) is 6.92 Å². The molecule has 7 nitrogen and oxygen atoms in total. The van der Waals surface area contributed by atoms with E-state index in [1.165, 1.54) is 17.3 Å². The molecule has 0 saturated heterocycles. The molecule has 0 unspecified atom stereocenters. The molecule has 2 rings (SSSR count). The second-order valence-corrected chi connectivity index (χ2v) is 3.66. The molecule has 0 saturated carbocycles. The van der Waals surface area contributed by atoms with E-state index in [2.05, 4.69) is 10.5 Å². The summed E-state index contributed by atoms with van der Waals surface area (Å²) >= 11 is 0. The van der Waals surface area contributed by atoms with E-state index >= 15 is 0 Å². The highest BCUT2D eigenvalue weighted by Gasteiger charge is 2.22. The zero-order valence-corrected chi connectivity index (χ0v) is 9.08. The number of nitrogens with one attached hydrogen (secondary N) is 1. The standard InChI is InChI=1S/C10H10N4O3/c1-7-2-3-8(9(4-7)14(16)17)13-5-10(15)12-11-6-13/h2-4,6H,5H2,1H3,(H,12,15). The van der Waals surface area contributed by atoms with Gasteiger partial charge in [-0.25, -0.2) is 5.43 Å². The van der Waals surface area contributed by atoms with Gasteiger partial charge < -0.3 is 4.90 Å². The van der Waals surface area contributed by atoms with Gasteiger partial charge in [-0.15, -0.1) is 0 Å². The molecule has 0 aromatic heterocycles. The topological polar surface area (TPSA) is 87.8 Å². The maximum absolute atomic E-state index is 11.2. The summed E-state index contributed by atoms with van der Waals surface area (Å²) in [5.74, 6) is -0.303. The molecule has 1 heterocycles. The number of nitro benzene ring substituents is 1. The van der Waals surface area contributed by atoms with Crippen LogP contribution in [0, 0.1) is 17.0 Å². The van der Waals surface area contributed by atoms with Crippen LogP contribution in [0.4, 0.5) is 11.4 Å². The number of benzene rings is 1. The molecule has 1 aromatic carbocycles. The lowest BCUT2D eigenvalue weighted by Gasteiger charge is -2.21. The first-order valence-corrected chi connectivity index (χ1v) is 4.91. The predicted octanol–water partition coefficient (Wildman–Crippen LogP) is 0.783. The highest BCUT2D eigenvalue weighted by atomic mass is 16.6. The van der Waals surface area contributed by atoms with Crippen LogP contribution in [0.2, 0.25) is 0 Å². The van der Waals surface area contributed by atoms with Crippen LogP contribution in [0.1, 0.15) is 5.56 Å². The Labute approximate surface area is 96.9 Å².